The van der Waals surface area contributed by atoms with Crippen molar-refractivity contribution in [3.8, 4) is 5.75 Å². The summed E-state index contributed by atoms with van der Waals surface area (Å²) in [6, 6.07) is 7.80. The second-order valence-corrected chi connectivity index (χ2v) is 7.43. The number of imidazole rings is 1. The molecule has 4 rings (SSSR count). The van der Waals surface area contributed by atoms with E-state index in [1.54, 1.807) is 0 Å². The number of nitrogens with one attached hydrogen (secondary N) is 1. The van der Waals surface area contributed by atoms with Crippen LogP contribution in [-0.4, -0.2) is 38.7 Å². The van der Waals surface area contributed by atoms with Crippen LogP contribution in [0.15, 0.2) is 36.4 Å². The van der Waals surface area contributed by atoms with Gasteiger partial charge in [0, 0.05) is 22.9 Å². The number of hydrogen-bond donors (Lipinski definition) is 2. The number of amides is 1. The minimum absolute atomic E-state index is 0.0526. The Bertz CT molecular complexity index is 1170. The molecule has 0 saturated carbocycles. The van der Waals surface area contributed by atoms with Gasteiger partial charge in [0.2, 0.25) is 0 Å². The average Bonchev–Trinajstić information content (AvgIpc) is 3.07. The zero-order valence-corrected chi connectivity index (χ0v) is 16.8. The fourth-order valence-electron chi connectivity index (χ4n) is 3.49. The monoisotopic (exact) mass is 451 g/mol. The molecule has 8 nitrogen and oxygen atoms in total. The smallest absolute Gasteiger partial charge is 0.478 e. The van der Waals surface area contributed by atoms with Crippen LogP contribution in [0.1, 0.15) is 39.5 Å². The maximum absolute atomic E-state index is 12.7. The van der Waals surface area contributed by atoms with Crippen LogP contribution in [0, 0.1) is 0 Å². The summed E-state index contributed by atoms with van der Waals surface area (Å²) >= 11 is 4.72. The Hall–Kier alpha value is -3.24. The van der Waals surface area contributed by atoms with Crippen molar-refractivity contribution in [3.63, 3.8) is 0 Å². The van der Waals surface area contributed by atoms with Crippen molar-refractivity contribution in [1.29, 1.82) is 0 Å². The van der Waals surface area contributed by atoms with Gasteiger partial charge >= 0.3 is 11.5 Å². The highest BCUT2D eigenvalue weighted by Gasteiger charge is 2.28. The third kappa shape index (κ3) is 4.30. The number of benzene rings is 2. The summed E-state index contributed by atoms with van der Waals surface area (Å²) in [5, 5.41) is 12.3. The molecular weight excluding hydrogens is 436 g/mol. The molecule has 3 aromatic rings. The minimum Gasteiger partial charge on any atom is -0.478 e. The summed E-state index contributed by atoms with van der Waals surface area (Å²) in [6.45, 7) is 2.56. The average molecular weight is 452 g/mol. The topological polar surface area (TPSA) is 103 Å². The van der Waals surface area contributed by atoms with Crippen molar-refractivity contribution in [2.45, 2.75) is 25.1 Å². The van der Waals surface area contributed by atoms with Crippen molar-refractivity contribution < 1.29 is 33.0 Å². The molecule has 2 N–H and O–H groups in total. The van der Waals surface area contributed by atoms with Crippen molar-refractivity contribution >= 4 is 40.2 Å². The Balaban J connectivity index is 1.65. The Labute approximate surface area is 179 Å². The molecule has 0 unspecified atom stereocenters. The fraction of sp³-hybridized carbons (Fsp3) is 0.250. The van der Waals surface area contributed by atoms with Gasteiger partial charge in [0.1, 0.15) is 18.2 Å². The lowest BCUT2D eigenvalue weighted by Gasteiger charge is -2.23. The molecule has 11 heteroatoms. The molecular formula is C20H16ClF2N3O5. The van der Waals surface area contributed by atoms with Crippen molar-refractivity contribution in [1.82, 2.24) is 9.55 Å². The number of aromatic nitrogens is 2. The molecule has 0 fully saturated rings. The van der Waals surface area contributed by atoms with Gasteiger partial charge in [0.15, 0.2) is 0 Å². The molecule has 1 atom stereocenters. The Morgan fingerprint density at radius 3 is 2.68 bits per heavy atom. The zero-order valence-electron chi connectivity index (χ0n) is 16.1. The first-order valence-corrected chi connectivity index (χ1v) is 9.53. The number of carboxylic acids is 1. The predicted octanol–water partition coefficient (Wildman–Crippen LogP) is 4.25. The second kappa shape index (κ2) is 7.78. The zero-order chi connectivity index (χ0) is 22.3. The van der Waals surface area contributed by atoms with Crippen molar-refractivity contribution in [2.24, 2.45) is 0 Å². The van der Waals surface area contributed by atoms with E-state index in [2.05, 4.69) is 15.0 Å². The van der Waals surface area contributed by atoms with E-state index in [0.29, 0.717) is 29.2 Å². The van der Waals surface area contributed by atoms with E-state index < -0.39 is 17.4 Å². The van der Waals surface area contributed by atoms with Crippen LogP contribution in [0.25, 0.3) is 11.0 Å². The first kappa shape index (κ1) is 21.0. The quantitative estimate of drug-likeness (QED) is 0.562. The molecule has 0 spiro atoms. The number of hydrogen-bond acceptors (Lipinski definition) is 5. The highest BCUT2D eigenvalue weighted by Crippen LogP contribution is 2.30. The van der Waals surface area contributed by atoms with Gasteiger partial charge in [-0.1, -0.05) is 0 Å². The van der Waals surface area contributed by atoms with Gasteiger partial charge in [0.25, 0.3) is 5.91 Å². The summed E-state index contributed by atoms with van der Waals surface area (Å²) in [7, 11) is 0. The van der Waals surface area contributed by atoms with Gasteiger partial charge in [-0.05, 0) is 43.3 Å². The number of alkyl halides is 3. The fourth-order valence-corrected chi connectivity index (χ4v) is 3.58. The van der Waals surface area contributed by atoms with Crippen molar-refractivity contribution in [3.05, 3.63) is 53.3 Å². The number of rotatable bonds is 5. The molecule has 1 amide bonds. The number of carbonyl (C=O) groups is 2. The highest BCUT2D eigenvalue weighted by molar-refractivity contribution is 6.20. The van der Waals surface area contributed by atoms with E-state index in [-0.39, 0.29) is 29.5 Å². The number of anilines is 1. The number of aromatic carboxylic acids is 1. The van der Waals surface area contributed by atoms with Crippen LogP contribution in [0.2, 0.25) is 0 Å². The standard InChI is InChI=1S/C20H16ClF2N3O5/c1-10-8-30-9-16-25-15-7-11(6-14(19(28)29)17(15)26(10)16)18(27)24-12-2-4-13(5-3-12)31-20(21,22)23/h2-7,10H,8-9H2,1H3,(H,24,27)(H,28,29)/t10-/m1/s1. The summed E-state index contributed by atoms with van der Waals surface area (Å²) in [5.74, 6) is -1.38. The lowest BCUT2D eigenvalue weighted by molar-refractivity contribution is -0.0964. The summed E-state index contributed by atoms with van der Waals surface area (Å²) < 4.78 is 36.9. The van der Waals surface area contributed by atoms with E-state index in [9.17, 15) is 23.5 Å². The lowest BCUT2D eigenvalue weighted by atomic mass is 10.1. The molecule has 0 radical (unpaired) electrons. The van der Waals surface area contributed by atoms with Gasteiger partial charge in [-0.2, -0.15) is 0 Å². The normalized spacial score (nSPS) is 16.1. The molecule has 31 heavy (non-hydrogen) atoms. The van der Waals surface area contributed by atoms with E-state index in [1.165, 1.54) is 36.4 Å². The molecule has 162 valence electrons. The van der Waals surface area contributed by atoms with Gasteiger partial charge in [-0.25, -0.2) is 9.78 Å². The molecule has 1 aliphatic heterocycles. The number of nitrogens with zero attached hydrogens (tertiary/aromatic N) is 2. The Kier molecular flexibility index (Phi) is 5.28. The third-order valence-electron chi connectivity index (χ3n) is 4.73. The predicted molar refractivity (Wildman–Crippen MR) is 107 cm³/mol. The molecule has 0 aliphatic carbocycles. The van der Waals surface area contributed by atoms with Gasteiger partial charge in [0.05, 0.1) is 29.2 Å². The van der Waals surface area contributed by atoms with Crippen LogP contribution in [-0.2, 0) is 11.3 Å². The first-order chi connectivity index (χ1) is 14.6. The SMILES string of the molecule is C[C@@H]1COCc2nc3cc(C(=O)Nc4ccc(OC(F)(F)Cl)cc4)cc(C(=O)O)c3n21. The van der Waals surface area contributed by atoms with Crippen LogP contribution >= 0.6 is 11.6 Å². The number of carboxylic acid groups (broad SMARTS) is 1. The first-order valence-electron chi connectivity index (χ1n) is 9.15. The highest BCUT2D eigenvalue weighted by atomic mass is 35.5. The number of ether oxygens (including phenoxy) is 2. The van der Waals surface area contributed by atoms with E-state index in [4.69, 9.17) is 16.3 Å². The minimum atomic E-state index is -3.85. The van der Waals surface area contributed by atoms with Crippen LogP contribution in [0.4, 0.5) is 14.5 Å². The van der Waals surface area contributed by atoms with E-state index in [1.807, 2.05) is 11.5 Å². The van der Waals surface area contributed by atoms with Crippen LogP contribution < -0.4 is 10.1 Å². The summed E-state index contributed by atoms with van der Waals surface area (Å²) in [4.78, 5) is 29.1. The molecule has 2 aromatic carbocycles. The van der Waals surface area contributed by atoms with Gasteiger partial charge < -0.3 is 24.5 Å². The molecule has 2 heterocycles. The summed E-state index contributed by atoms with van der Waals surface area (Å²) in [5.41, 5.74) is -2.73. The van der Waals surface area contributed by atoms with Crippen LogP contribution in [0.3, 0.4) is 0 Å². The molecule has 1 aromatic heterocycles. The lowest BCUT2D eigenvalue weighted by Crippen LogP contribution is -2.22. The third-order valence-corrected chi connectivity index (χ3v) is 4.80. The van der Waals surface area contributed by atoms with Crippen LogP contribution in [0.5, 0.6) is 5.75 Å². The molecule has 1 aliphatic rings. The molecule has 0 saturated heterocycles. The van der Waals surface area contributed by atoms with Crippen molar-refractivity contribution in [2.75, 3.05) is 11.9 Å². The Morgan fingerprint density at radius 2 is 2.03 bits per heavy atom. The Morgan fingerprint density at radius 1 is 1.32 bits per heavy atom. The number of fused-ring (bicyclic) bond motifs is 3. The van der Waals surface area contributed by atoms with Gasteiger partial charge in [-0.3, -0.25) is 4.79 Å². The van der Waals surface area contributed by atoms with E-state index >= 15 is 0 Å². The largest absolute Gasteiger partial charge is 0.487 e. The molecule has 0 bridgehead atoms. The number of carbonyl (C=O) groups excluding carboxylic acids is 1. The number of halogens is 3. The summed E-state index contributed by atoms with van der Waals surface area (Å²) in [6.07, 6.45) is 0. The maximum atomic E-state index is 12.7. The van der Waals surface area contributed by atoms with E-state index in [0.717, 1.165) is 0 Å². The van der Waals surface area contributed by atoms with Gasteiger partial charge in [-0.15, -0.1) is 8.78 Å². The second-order valence-electron chi connectivity index (χ2n) is 6.99. The maximum Gasteiger partial charge on any atom is 0.487 e.